The van der Waals surface area contributed by atoms with E-state index in [4.69, 9.17) is 23.8 Å². The number of hydrogen-bond acceptors (Lipinski definition) is 2. The Labute approximate surface area is 107 Å². The van der Waals surface area contributed by atoms with Crippen molar-refractivity contribution in [3.63, 3.8) is 0 Å². The van der Waals surface area contributed by atoms with Crippen LogP contribution in [0, 0.1) is 6.92 Å². The van der Waals surface area contributed by atoms with Gasteiger partial charge in [-0.25, -0.2) is 4.98 Å². The summed E-state index contributed by atoms with van der Waals surface area (Å²) in [5, 5.41) is 7.19. The Hall–Kier alpha value is -0.870. The molecule has 0 saturated carbocycles. The van der Waals surface area contributed by atoms with Gasteiger partial charge in [0.25, 0.3) is 0 Å². The van der Waals surface area contributed by atoms with Gasteiger partial charge in [0.1, 0.15) is 0 Å². The maximum absolute atomic E-state index is 6.03. The first-order chi connectivity index (χ1) is 7.28. The van der Waals surface area contributed by atoms with Gasteiger partial charge in [0.15, 0.2) is 10.9 Å². The number of nitrogens with zero attached hydrogens (tertiary/aromatic N) is 1. The summed E-state index contributed by atoms with van der Waals surface area (Å²) in [6.45, 7) is 8.04. The van der Waals surface area contributed by atoms with Crippen molar-refractivity contribution in [3.8, 4) is 0 Å². The molecule has 0 fully saturated rings. The van der Waals surface area contributed by atoms with Crippen LogP contribution in [-0.4, -0.2) is 15.6 Å². The minimum absolute atomic E-state index is 0.0821. The fraction of sp³-hybridized carbons (Fsp3) is 0.455. The zero-order valence-corrected chi connectivity index (χ0v) is 11.5. The highest BCUT2D eigenvalue weighted by Crippen LogP contribution is 2.19. The van der Waals surface area contributed by atoms with Crippen LogP contribution >= 0.6 is 23.8 Å². The fourth-order valence-corrected chi connectivity index (χ4v) is 1.78. The molecular formula is C11H16ClN3S. The summed E-state index contributed by atoms with van der Waals surface area (Å²) in [7, 11) is 0. The normalized spacial score (nSPS) is 11.1. The predicted molar refractivity (Wildman–Crippen MR) is 73.1 cm³/mol. The highest BCUT2D eigenvalue weighted by atomic mass is 35.5. The van der Waals surface area contributed by atoms with Crippen LogP contribution in [0.25, 0.3) is 0 Å². The summed E-state index contributed by atoms with van der Waals surface area (Å²) in [4.78, 5) is 4.18. The zero-order chi connectivity index (χ0) is 12.3. The molecule has 0 saturated heterocycles. The van der Waals surface area contributed by atoms with Crippen molar-refractivity contribution in [1.29, 1.82) is 0 Å². The van der Waals surface area contributed by atoms with Crippen molar-refractivity contribution in [2.75, 3.05) is 5.32 Å². The molecule has 0 atom stereocenters. The van der Waals surface area contributed by atoms with E-state index in [0.717, 1.165) is 5.56 Å². The first kappa shape index (κ1) is 13.2. The molecule has 1 aromatic rings. The number of aryl methyl sites for hydroxylation is 1. The second-order valence-corrected chi connectivity index (χ2v) is 5.49. The molecular weight excluding hydrogens is 242 g/mol. The van der Waals surface area contributed by atoms with Crippen molar-refractivity contribution < 1.29 is 0 Å². The summed E-state index contributed by atoms with van der Waals surface area (Å²) in [5.74, 6) is 0.578. The monoisotopic (exact) mass is 257 g/mol. The van der Waals surface area contributed by atoms with Gasteiger partial charge >= 0.3 is 0 Å². The summed E-state index contributed by atoms with van der Waals surface area (Å²) in [5.41, 5.74) is 0.937. The van der Waals surface area contributed by atoms with E-state index in [2.05, 4.69) is 15.6 Å². The molecule has 0 bridgehead atoms. The van der Waals surface area contributed by atoms with Gasteiger partial charge in [-0.2, -0.15) is 0 Å². The van der Waals surface area contributed by atoms with Crippen LogP contribution in [0.15, 0.2) is 12.3 Å². The Kier molecular flexibility index (Phi) is 4.10. The third-order valence-corrected chi connectivity index (χ3v) is 2.19. The Balaban J connectivity index is 2.70. The van der Waals surface area contributed by atoms with Gasteiger partial charge in [0, 0.05) is 11.7 Å². The molecule has 0 spiro atoms. The minimum atomic E-state index is -0.0821. The maximum atomic E-state index is 6.03. The summed E-state index contributed by atoms with van der Waals surface area (Å²) >= 11 is 11.2. The van der Waals surface area contributed by atoms with E-state index in [1.807, 2.05) is 33.8 Å². The van der Waals surface area contributed by atoms with Gasteiger partial charge in [0.2, 0.25) is 0 Å². The van der Waals surface area contributed by atoms with Crippen molar-refractivity contribution in [2.45, 2.75) is 33.2 Å². The molecule has 0 amide bonds. The Morgan fingerprint density at radius 2 is 2.06 bits per heavy atom. The smallest absolute Gasteiger partial charge is 0.172 e. The van der Waals surface area contributed by atoms with E-state index in [9.17, 15) is 0 Å². The van der Waals surface area contributed by atoms with E-state index in [-0.39, 0.29) is 5.54 Å². The van der Waals surface area contributed by atoms with Crippen LogP contribution in [0.4, 0.5) is 5.82 Å². The number of aromatic nitrogens is 1. The third kappa shape index (κ3) is 4.33. The van der Waals surface area contributed by atoms with Gasteiger partial charge in [-0.3, -0.25) is 0 Å². The number of thiocarbonyl (C=S) groups is 1. The van der Waals surface area contributed by atoms with Crippen molar-refractivity contribution in [2.24, 2.45) is 0 Å². The molecule has 0 aliphatic carbocycles. The molecule has 0 aliphatic rings. The largest absolute Gasteiger partial charge is 0.358 e. The van der Waals surface area contributed by atoms with Crippen LogP contribution in [-0.2, 0) is 0 Å². The van der Waals surface area contributed by atoms with E-state index in [1.165, 1.54) is 0 Å². The first-order valence-corrected chi connectivity index (χ1v) is 5.78. The Morgan fingerprint density at radius 1 is 1.44 bits per heavy atom. The van der Waals surface area contributed by atoms with Crippen molar-refractivity contribution >= 4 is 34.7 Å². The topological polar surface area (TPSA) is 37.0 Å². The molecule has 1 rings (SSSR count). The summed E-state index contributed by atoms with van der Waals surface area (Å²) < 4.78 is 0. The summed E-state index contributed by atoms with van der Waals surface area (Å²) in [6.07, 6.45) is 1.74. The molecule has 16 heavy (non-hydrogen) atoms. The van der Waals surface area contributed by atoms with Crippen LogP contribution < -0.4 is 10.6 Å². The predicted octanol–water partition coefficient (Wildman–Crippen LogP) is 3.13. The lowest BCUT2D eigenvalue weighted by molar-refractivity contribution is 0.515. The van der Waals surface area contributed by atoms with E-state index >= 15 is 0 Å². The number of nitrogens with one attached hydrogen (secondary N) is 2. The second kappa shape index (κ2) is 4.97. The molecule has 88 valence electrons. The highest BCUT2D eigenvalue weighted by Gasteiger charge is 2.12. The number of halogens is 1. The van der Waals surface area contributed by atoms with Crippen LogP contribution in [0.3, 0.4) is 0 Å². The molecule has 3 nitrogen and oxygen atoms in total. The van der Waals surface area contributed by atoms with Gasteiger partial charge in [-0.15, -0.1) is 0 Å². The van der Waals surface area contributed by atoms with Gasteiger partial charge in [-0.05, 0) is 51.5 Å². The average molecular weight is 258 g/mol. The molecule has 1 heterocycles. The first-order valence-electron chi connectivity index (χ1n) is 4.99. The maximum Gasteiger partial charge on any atom is 0.172 e. The zero-order valence-electron chi connectivity index (χ0n) is 9.89. The van der Waals surface area contributed by atoms with E-state index < -0.39 is 0 Å². The lowest BCUT2D eigenvalue weighted by Gasteiger charge is -2.23. The van der Waals surface area contributed by atoms with Crippen LogP contribution in [0.5, 0.6) is 0 Å². The Morgan fingerprint density at radius 3 is 2.56 bits per heavy atom. The molecule has 1 aromatic heterocycles. The molecule has 0 radical (unpaired) electrons. The quantitative estimate of drug-likeness (QED) is 0.758. The number of rotatable bonds is 1. The third-order valence-electron chi connectivity index (χ3n) is 1.70. The molecule has 0 aliphatic heterocycles. The lowest BCUT2D eigenvalue weighted by atomic mass is 10.1. The van der Waals surface area contributed by atoms with Gasteiger partial charge < -0.3 is 10.6 Å². The lowest BCUT2D eigenvalue weighted by Crippen LogP contribution is -2.43. The number of pyridine rings is 1. The standard InChI is InChI=1S/C11H16ClN3S/c1-7-5-8(12)9(13-6-7)14-10(16)15-11(2,3)4/h5-6H,1-4H3,(H2,13,14,15,16). The highest BCUT2D eigenvalue weighted by molar-refractivity contribution is 7.80. The molecule has 5 heteroatoms. The fourth-order valence-electron chi connectivity index (χ4n) is 1.10. The van der Waals surface area contributed by atoms with Crippen LogP contribution in [0.1, 0.15) is 26.3 Å². The summed E-state index contributed by atoms with van der Waals surface area (Å²) in [6, 6.07) is 1.84. The SMILES string of the molecule is Cc1cnc(NC(=S)NC(C)(C)C)c(Cl)c1. The minimum Gasteiger partial charge on any atom is -0.358 e. The average Bonchev–Trinajstić information content (AvgIpc) is 2.06. The van der Waals surface area contributed by atoms with Crippen LogP contribution in [0.2, 0.25) is 5.02 Å². The van der Waals surface area contributed by atoms with Crippen molar-refractivity contribution in [3.05, 3.63) is 22.8 Å². The number of hydrogen-bond donors (Lipinski definition) is 2. The van der Waals surface area contributed by atoms with E-state index in [0.29, 0.717) is 16.0 Å². The van der Waals surface area contributed by atoms with E-state index in [1.54, 1.807) is 6.20 Å². The van der Waals surface area contributed by atoms with Gasteiger partial charge in [-0.1, -0.05) is 11.6 Å². The van der Waals surface area contributed by atoms with Gasteiger partial charge in [0.05, 0.1) is 5.02 Å². The molecule has 2 N–H and O–H groups in total. The van der Waals surface area contributed by atoms with Crippen molar-refractivity contribution in [1.82, 2.24) is 10.3 Å². The second-order valence-electron chi connectivity index (χ2n) is 4.67. The number of anilines is 1. The molecule has 0 unspecified atom stereocenters. The molecule has 0 aromatic carbocycles. The Bertz CT molecular complexity index is 399.